The highest BCUT2D eigenvalue weighted by Gasteiger charge is 2.79. The maximum atomic E-state index is 17.9. The fraction of sp³-hybridized carbons (Fsp3) is 0.535. The van der Waals surface area contributed by atoms with E-state index in [0.29, 0.717) is 40.3 Å². The van der Waals surface area contributed by atoms with Crippen LogP contribution >= 0.6 is 11.3 Å². The molecule has 6 aliphatic rings. The van der Waals surface area contributed by atoms with E-state index in [1.807, 2.05) is 24.4 Å². The normalized spacial score (nSPS) is 22.2. The van der Waals surface area contributed by atoms with Crippen LogP contribution in [0.4, 0.5) is 20.2 Å². The summed E-state index contributed by atoms with van der Waals surface area (Å²) in [5, 5.41) is 41.2. The highest BCUT2D eigenvalue weighted by molar-refractivity contribution is 7.10. The molecule has 3 aromatic rings. The number of ether oxygens (including phenoxy) is 3. The molecule has 1 aromatic heterocycles. The first-order valence-corrected chi connectivity index (χ1v) is 41.9. The molecule has 0 spiro atoms. The lowest BCUT2D eigenvalue weighted by Gasteiger charge is -2.62. The predicted molar refractivity (Wildman–Crippen MR) is 450 cm³/mol. The van der Waals surface area contributed by atoms with E-state index >= 15 is 8.78 Å². The molecule has 0 radical (unpaired) electrons. The van der Waals surface area contributed by atoms with Gasteiger partial charge in [0.05, 0.1) is 88.3 Å². The summed E-state index contributed by atoms with van der Waals surface area (Å²) in [6, 6.07) is 8.59. The number of fused-ring (bicyclic) bond motifs is 7. The van der Waals surface area contributed by atoms with Crippen LogP contribution in [0.25, 0.3) is 0 Å². The number of hydrogen-bond donors (Lipinski definition) is 6. The van der Waals surface area contributed by atoms with Crippen molar-refractivity contribution >= 4 is 129 Å². The number of rotatable bonds is 39. The smallest absolute Gasteiger partial charge is 0.323 e. The Hall–Kier alpha value is -12.1. The van der Waals surface area contributed by atoms with Gasteiger partial charge in [-0.25, -0.2) is 13.7 Å². The Balaban J connectivity index is 0.679. The zero-order chi connectivity index (χ0) is 94.0. The van der Waals surface area contributed by atoms with Gasteiger partial charge in [0, 0.05) is 124 Å². The number of carbonyl (C=O) groups is 18. The largest absolute Gasteiger partial charge is 0.493 e. The van der Waals surface area contributed by atoms with Crippen LogP contribution < -0.4 is 25.6 Å². The van der Waals surface area contributed by atoms with E-state index in [-0.39, 0.29) is 62.2 Å². The number of allylic oxidation sites excluding steroid dienone is 4. The Morgan fingerprint density at radius 2 is 1.10 bits per heavy atom. The number of nitrogens with zero attached hydrogens (tertiary/aromatic N) is 11. The third-order valence-corrected chi connectivity index (χ3v) is 25.6. The number of amides is 15. The van der Waals surface area contributed by atoms with Gasteiger partial charge >= 0.3 is 5.97 Å². The van der Waals surface area contributed by atoms with Gasteiger partial charge < -0.3 is 94.5 Å². The SMILES string of the molecule is C[C@H](NC(=O)CCc1cc(F)c(N2C(=O)C=CC2=O)cc1OCCCC(=O)N(C)CC(=O)N(C)CC(=O)N(C)CC(=O)N(C)CC(=O)N(C)CC(=O)N(C)CC(=O)N(C)CC(=O)N(C)CC(=O)N(C)CC(=O)N(C)CC(=O)O)C(=O)N[C@@H](C)C(=O)Nc1cccc(Cc2csc([C@@H]3O[C@@H]4C[C@H]5[C@@H]6CCC7=CC(=O)C=C[C@]7(C)[C@@]6(F)[C@@H](O)C[C@]5(C)[C@]4(C(=O)CO)O3)c2)c1. The van der Waals surface area contributed by atoms with Crippen LogP contribution in [0, 0.1) is 28.5 Å². The molecule has 1 saturated heterocycles. The zero-order valence-corrected chi connectivity index (χ0v) is 74.2. The second-order valence-electron chi connectivity index (χ2n) is 33.7. The summed E-state index contributed by atoms with van der Waals surface area (Å²) in [6.45, 7) is 0.0761. The average molecular weight is 1790 g/mol. The summed E-state index contributed by atoms with van der Waals surface area (Å²) >= 11 is 1.33. The van der Waals surface area contributed by atoms with Crippen LogP contribution in [0.5, 0.6) is 5.75 Å². The van der Waals surface area contributed by atoms with Crippen molar-refractivity contribution in [1.29, 1.82) is 0 Å². The molecule has 3 saturated carbocycles. The fourth-order valence-electron chi connectivity index (χ4n) is 16.9. The van der Waals surface area contributed by atoms with Crippen molar-refractivity contribution in [2.45, 2.75) is 127 Å². The number of Topliss-reactive ketones (excluding diaryl/α,β-unsaturated/α-hetero) is 1. The first-order valence-electron chi connectivity index (χ1n) is 41.1. The highest BCUT2D eigenvalue weighted by Crippen LogP contribution is 2.72. The Morgan fingerprint density at radius 1 is 0.614 bits per heavy atom. The summed E-state index contributed by atoms with van der Waals surface area (Å²) in [5.41, 5.74) is -4.00. The van der Waals surface area contributed by atoms with E-state index in [9.17, 15) is 96.5 Å². The molecule has 9 rings (SSSR count). The molecular weight excluding hydrogens is 1680 g/mol. The third kappa shape index (κ3) is 22.3. The number of imide groups is 1. The van der Waals surface area contributed by atoms with Gasteiger partial charge in [-0.3, -0.25) is 86.3 Å². The summed E-state index contributed by atoms with van der Waals surface area (Å²) in [6.07, 6.45) is 3.22. The van der Waals surface area contributed by atoms with Crippen LogP contribution in [0.2, 0.25) is 0 Å². The van der Waals surface area contributed by atoms with E-state index in [1.54, 1.807) is 31.2 Å². The van der Waals surface area contributed by atoms with Crippen molar-refractivity contribution in [1.82, 2.24) is 59.6 Å². The standard InChI is InChI=1S/C86H110F2N14O24S/c1-49(80(122)90-50(2)81(123)91-55-18-15-17-51(30-55)29-52-31-62(127-48-52)82-125-65-34-58-57-22-21-54-33-56(104)26-27-83(54,3)85(57,88)63(105)36-84(58,4)86(65,126-82)64(106)47-103)89-66(107)23-20-53-32-59(87)60(102-68(109)24-25-69(102)110)35-61(53)124-28-16-19-67(108)92(5)37-70(111)93(6)38-71(112)94(7)39-72(113)95(8)40-73(114)96(9)41-74(115)97(10)42-75(116)98(11)43-76(117)99(12)44-77(118)100(13)45-78(119)101(14)46-79(120)121/h15,17-18,24-27,30-33,35,48-50,57-58,63,65,82,103,105H,16,19-23,28-29,34,36-47H2,1-14H3,(H,89,107)(H,90,122)(H,91,123)(H,120,121)/t49-,50-,57-,58-,63-,65+,82+,83-,84-,85-,86+/m0/s1. The highest BCUT2D eigenvalue weighted by atomic mass is 32.1. The van der Waals surface area contributed by atoms with Crippen molar-refractivity contribution in [2.24, 2.45) is 22.7 Å². The lowest BCUT2D eigenvalue weighted by molar-refractivity contribution is -0.231. The van der Waals surface area contributed by atoms with E-state index in [1.165, 1.54) is 108 Å². The molecule has 41 heteroatoms. The van der Waals surface area contributed by atoms with Crippen molar-refractivity contribution in [2.75, 3.05) is 159 Å². The number of anilines is 2. The molecular formula is C86H110F2N14O24S. The number of aryl methyl sites for hydroxylation is 1. The number of nitrogens with one attached hydrogen (secondary N) is 3. The number of aliphatic carboxylic acids is 1. The van der Waals surface area contributed by atoms with Gasteiger partial charge in [0.1, 0.15) is 36.8 Å². The van der Waals surface area contributed by atoms with Gasteiger partial charge in [0.15, 0.2) is 29.1 Å². The summed E-state index contributed by atoms with van der Waals surface area (Å²) < 4.78 is 53.2. The van der Waals surface area contributed by atoms with Crippen LogP contribution in [0.1, 0.15) is 100 Å². The minimum Gasteiger partial charge on any atom is -0.493 e. The minimum atomic E-state index is -2.16. The van der Waals surface area contributed by atoms with Gasteiger partial charge in [-0.1, -0.05) is 30.7 Å². The lowest BCUT2D eigenvalue weighted by Crippen LogP contribution is -2.69. The molecule has 688 valence electrons. The summed E-state index contributed by atoms with van der Waals surface area (Å²) in [7, 11) is 12.9. The number of hydrogen-bond acceptors (Lipinski definition) is 24. The van der Waals surface area contributed by atoms with Gasteiger partial charge in [0.25, 0.3) is 11.8 Å². The Morgan fingerprint density at radius 3 is 1.60 bits per heavy atom. The third-order valence-electron chi connectivity index (χ3n) is 24.5. The Kier molecular flexibility index (Phi) is 32.0. The minimum absolute atomic E-state index is 0.00566. The zero-order valence-electron chi connectivity index (χ0n) is 73.4. The first kappa shape index (κ1) is 98.7. The van der Waals surface area contributed by atoms with Crippen molar-refractivity contribution < 1.29 is 125 Å². The van der Waals surface area contributed by atoms with Gasteiger partial charge in [-0.15, -0.1) is 11.3 Å². The molecule has 38 nitrogen and oxygen atoms in total. The molecule has 2 aliphatic heterocycles. The number of ketones is 2. The number of carbonyl (C=O) groups excluding carboxylic acids is 17. The topological polar surface area (TPSA) is 467 Å². The molecule has 6 N–H and O–H groups in total. The van der Waals surface area contributed by atoms with Crippen LogP contribution in [0.3, 0.4) is 0 Å². The van der Waals surface area contributed by atoms with Gasteiger partial charge in [0.2, 0.25) is 76.8 Å². The number of likely N-dealkylation sites (N-methyl/N-ethyl adjacent to an activating group) is 10. The fourth-order valence-corrected chi connectivity index (χ4v) is 17.8. The first-order chi connectivity index (χ1) is 59.6. The summed E-state index contributed by atoms with van der Waals surface area (Å²) in [5.74, 6) is -14.8. The quantitative estimate of drug-likeness (QED) is 0.0324. The number of thiophene rings is 1. The van der Waals surface area contributed by atoms with Crippen molar-refractivity contribution in [3.8, 4) is 5.75 Å². The molecule has 0 bridgehead atoms. The molecule has 3 heterocycles. The maximum absolute atomic E-state index is 17.9. The van der Waals surface area contributed by atoms with Crippen molar-refractivity contribution in [3.63, 3.8) is 0 Å². The number of aliphatic hydroxyl groups is 2. The molecule has 4 aliphatic carbocycles. The number of halogens is 2. The predicted octanol–water partition coefficient (Wildman–Crippen LogP) is 0.0106. The molecule has 2 aromatic carbocycles. The molecule has 4 fully saturated rings. The molecule has 15 amide bonds. The summed E-state index contributed by atoms with van der Waals surface area (Å²) in [4.78, 5) is 245. The van der Waals surface area contributed by atoms with Crippen LogP contribution in [-0.2, 0) is 109 Å². The number of carboxylic acid groups (broad SMARTS) is 1. The Labute approximate surface area is 736 Å². The second kappa shape index (κ2) is 41.1. The lowest BCUT2D eigenvalue weighted by atomic mass is 9.44. The average Bonchev–Trinajstić information content (AvgIpc) is 1.51. The number of benzene rings is 2. The van der Waals surface area contributed by atoms with Gasteiger partial charge in [-0.2, -0.15) is 0 Å². The molecule has 0 unspecified atom stereocenters. The van der Waals surface area contributed by atoms with Gasteiger partial charge in [-0.05, 0) is 130 Å². The second-order valence-corrected chi connectivity index (χ2v) is 34.7. The molecule has 11 atom stereocenters. The number of carboxylic acids is 1. The van der Waals surface area contributed by atoms with E-state index < -0.39 is 248 Å². The maximum Gasteiger partial charge on any atom is 0.323 e. The van der Waals surface area contributed by atoms with E-state index in [0.717, 1.165) is 84.4 Å². The monoisotopic (exact) mass is 1790 g/mol. The van der Waals surface area contributed by atoms with E-state index in [4.69, 9.17) is 19.3 Å². The van der Waals surface area contributed by atoms with Crippen LogP contribution in [-0.4, -0.2) is 355 Å². The number of aliphatic hydroxyl groups excluding tert-OH is 2. The number of alkyl halides is 1. The van der Waals surface area contributed by atoms with Crippen LogP contribution in [0.15, 0.2) is 83.8 Å². The van der Waals surface area contributed by atoms with Crippen molar-refractivity contribution in [3.05, 3.63) is 111 Å². The van der Waals surface area contributed by atoms with E-state index in [2.05, 4.69) is 16.0 Å². The Bertz CT molecular complexity index is 4950. The molecule has 127 heavy (non-hydrogen) atoms.